The van der Waals surface area contributed by atoms with Gasteiger partial charge in [0.15, 0.2) is 0 Å². The highest BCUT2D eigenvalue weighted by molar-refractivity contribution is 7.89. The normalized spacial score (nSPS) is 12.3. The maximum Gasteiger partial charge on any atom is 0.240 e. The van der Waals surface area contributed by atoms with Crippen LogP contribution in [0.25, 0.3) is 22.5 Å². The number of aromatic nitrogens is 4. The number of aliphatic hydroxyl groups is 2. The van der Waals surface area contributed by atoms with Crippen molar-refractivity contribution in [3.8, 4) is 22.5 Å². The van der Waals surface area contributed by atoms with E-state index >= 15 is 0 Å². The molecule has 0 fully saturated rings. The van der Waals surface area contributed by atoms with Gasteiger partial charge < -0.3 is 15.9 Å². The van der Waals surface area contributed by atoms with Crippen molar-refractivity contribution in [1.29, 1.82) is 0 Å². The number of nitrogens with one attached hydrogen (secondary N) is 1. The molecule has 0 bridgehead atoms. The van der Waals surface area contributed by atoms with Crippen LogP contribution in [-0.4, -0.2) is 57.1 Å². The van der Waals surface area contributed by atoms with E-state index in [1.54, 1.807) is 23.1 Å². The van der Waals surface area contributed by atoms with Gasteiger partial charge in [-0.25, -0.2) is 23.1 Å². The van der Waals surface area contributed by atoms with Gasteiger partial charge in [0.2, 0.25) is 10.0 Å². The first-order valence-electron chi connectivity index (χ1n) is 9.59. The summed E-state index contributed by atoms with van der Waals surface area (Å²) >= 11 is 0. The Morgan fingerprint density at radius 1 is 1.26 bits per heavy atom. The standard InChI is InChI=1S/C20H26N6O4S/c1-13-4-5-15(31(29,30)24-12-20(2,3)28)8-16(13)17-10-22-19(21)18(25-17)14-9-23-26(11-14)6-7-27/h4-5,8-11,24,27-28H,6-7,12H2,1-3H3,(H2,21,22). The van der Waals surface area contributed by atoms with Crippen LogP contribution in [0.4, 0.5) is 5.82 Å². The van der Waals surface area contributed by atoms with Gasteiger partial charge in [0.1, 0.15) is 11.5 Å². The zero-order chi connectivity index (χ0) is 22.8. The lowest BCUT2D eigenvalue weighted by atomic mass is 10.1. The number of aliphatic hydroxyl groups excluding tert-OH is 1. The van der Waals surface area contributed by atoms with Crippen LogP contribution in [0, 0.1) is 6.92 Å². The van der Waals surface area contributed by atoms with Crippen molar-refractivity contribution in [2.45, 2.75) is 37.8 Å². The number of nitrogen functional groups attached to an aromatic ring is 1. The third-order valence-corrected chi connectivity index (χ3v) is 5.93. The summed E-state index contributed by atoms with van der Waals surface area (Å²) in [6, 6.07) is 4.70. The van der Waals surface area contributed by atoms with Crippen LogP contribution < -0.4 is 10.5 Å². The number of hydrogen-bond acceptors (Lipinski definition) is 8. The first-order valence-corrected chi connectivity index (χ1v) is 11.1. The molecule has 166 valence electrons. The summed E-state index contributed by atoms with van der Waals surface area (Å²) in [4.78, 5) is 8.87. The van der Waals surface area contributed by atoms with Crippen molar-refractivity contribution in [2.24, 2.45) is 0 Å². The van der Waals surface area contributed by atoms with Gasteiger partial charge in [-0.1, -0.05) is 6.07 Å². The van der Waals surface area contributed by atoms with Gasteiger partial charge in [0.05, 0.1) is 41.7 Å². The number of aryl methyl sites for hydroxylation is 1. The number of nitrogens with zero attached hydrogens (tertiary/aromatic N) is 4. The molecule has 0 amide bonds. The molecule has 2 aromatic heterocycles. The molecule has 0 saturated heterocycles. The Morgan fingerprint density at radius 3 is 2.68 bits per heavy atom. The van der Waals surface area contributed by atoms with Crippen LogP contribution in [0.5, 0.6) is 0 Å². The van der Waals surface area contributed by atoms with E-state index in [1.807, 2.05) is 6.92 Å². The summed E-state index contributed by atoms with van der Waals surface area (Å²) in [5, 5.41) is 23.1. The third-order valence-electron chi connectivity index (χ3n) is 4.53. The Labute approximate surface area is 180 Å². The van der Waals surface area contributed by atoms with Crippen molar-refractivity contribution >= 4 is 15.8 Å². The van der Waals surface area contributed by atoms with Crippen molar-refractivity contribution in [3.05, 3.63) is 42.4 Å². The number of benzene rings is 1. The fourth-order valence-electron chi connectivity index (χ4n) is 2.85. The number of sulfonamides is 1. The molecule has 0 saturated carbocycles. The minimum atomic E-state index is -3.83. The van der Waals surface area contributed by atoms with Crippen LogP contribution in [0.15, 0.2) is 41.7 Å². The van der Waals surface area contributed by atoms with Gasteiger partial charge in [0.25, 0.3) is 0 Å². The minimum absolute atomic E-state index is 0.0493. The molecule has 0 aliphatic heterocycles. The second kappa shape index (κ2) is 8.71. The van der Waals surface area contributed by atoms with Gasteiger partial charge >= 0.3 is 0 Å². The van der Waals surface area contributed by atoms with E-state index in [-0.39, 0.29) is 23.9 Å². The molecular weight excluding hydrogens is 420 g/mol. The van der Waals surface area contributed by atoms with E-state index in [0.29, 0.717) is 29.1 Å². The zero-order valence-electron chi connectivity index (χ0n) is 17.6. The second-order valence-electron chi connectivity index (χ2n) is 7.82. The lowest BCUT2D eigenvalue weighted by molar-refractivity contribution is 0.0857. The average Bonchev–Trinajstić information content (AvgIpc) is 3.15. The Kier molecular flexibility index (Phi) is 6.41. The zero-order valence-corrected chi connectivity index (χ0v) is 18.4. The lowest BCUT2D eigenvalue weighted by Gasteiger charge is -2.18. The molecule has 3 aromatic rings. The molecule has 11 heteroatoms. The number of nitrogens with two attached hydrogens (primary N) is 1. The molecule has 0 radical (unpaired) electrons. The molecule has 1 aromatic carbocycles. The second-order valence-corrected chi connectivity index (χ2v) is 9.59. The third kappa shape index (κ3) is 5.44. The van der Waals surface area contributed by atoms with Crippen molar-refractivity contribution in [3.63, 3.8) is 0 Å². The lowest BCUT2D eigenvalue weighted by Crippen LogP contribution is -2.38. The summed E-state index contributed by atoms with van der Waals surface area (Å²) in [7, 11) is -3.83. The van der Waals surface area contributed by atoms with E-state index in [2.05, 4.69) is 19.8 Å². The van der Waals surface area contributed by atoms with E-state index in [0.717, 1.165) is 5.56 Å². The predicted octanol–water partition coefficient (Wildman–Crippen LogP) is 0.939. The Hall–Kier alpha value is -2.86. The molecule has 10 nitrogen and oxygen atoms in total. The maximum atomic E-state index is 12.7. The molecule has 2 heterocycles. The topological polar surface area (TPSA) is 156 Å². The van der Waals surface area contributed by atoms with Gasteiger partial charge in [-0.3, -0.25) is 4.68 Å². The van der Waals surface area contributed by atoms with Crippen LogP contribution in [0.2, 0.25) is 0 Å². The first kappa shape index (κ1) is 22.8. The van der Waals surface area contributed by atoms with Crippen LogP contribution in [0.1, 0.15) is 19.4 Å². The molecule has 31 heavy (non-hydrogen) atoms. The fraction of sp³-hybridized carbons (Fsp3) is 0.350. The smallest absolute Gasteiger partial charge is 0.240 e. The maximum absolute atomic E-state index is 12.7. The largest absolute Gasteiger partial charge is 0.394 e. The highest BCUT2D eigenvalue weighted by Crippen LogP contribution is 2.29. The molecule has 0 aliphatic carbocycles. The molecular formula is C20H26N6O4S. The van der Waals surface area contributed by atoms with Crippen LogP contribution in [0.3, 0.4) is 0 Å². The first-order chi connectivity index (χ1) is 14.5. The minimum Gasteiger partial charge on any atom is -0.394 e. The molecule has 0 spiro atoms. The quantitative estimate of drug-likeness (QED) is 0.398. The Morgan fingerprint density at radius 2 is 2.00 bits per heavy atom. The van der Waals surface area contributed by atoms with Crippen molar-refractivity contribution in [1.82, 2.24) is 24.5 Å². The molecule has 0 atom stereocenters. The number of rotatable bonds is 8. The predicted molar refractivity (Wildman–Crippen MR) is 116 cm³/mol. The number of anilines is 1. The Balaban J connectivity index is 2.00. The average molecular weight is 447 g/mol. The van der Waals surface area contributed by atoms with Gasteiger partial charge in [-0.15, -0.1) is 0 Å². The van der Waals surface area contributed by atoms with E-state index < -0.39 is 15.6 Å². The molecule has 0 unspecified atom stereocenters. The highest BCUT2D eigenvalue weighted by atomic mass is 32.2. The monoisotopic (exact) mass is 446 g/mol. The van der Waals surface area contributed by atoms with Crippen LogP contribution >= 0.6 is 0 Å². The van der Waals surface area contributed by atoms with Gasteiger partial charge in [-0.05, 0) is 38.5 Å². The summed E-state index contributed by atoms with van der Waals surface area (Å²) < 4.78 is 29.3. The van der Waals surface area contributed by atoms with E-state index in [1.165, 1.54) is 32.2 Å². The van der Waals surface area contributed by atoms with E-state index in [4.69, 9.17) is 10.8 Å². The molecule has 5 N–H and O–H groups in total. The Bertz CT molecular complexity index is 1180. The SMILES string of the molecule is Cc1ccc(S(=O)(=O)NCC(C)(C)O)cc1-c1cnc(N)c(-c2cnn(CCO)c2)n1. The van der Waals surface area contributed by atoms with Gasteiger partial charge in [0, 0.05) is 23.9 Å². The number of hydrogen-bond donors (Lipinski definition) is 4. The summed E-state index contributed by atoms with van der Waals surface area (Å²) in [6.45, 7) is 5.04. The van der Waals surface area contributed by atoms with Gasteiger partial charge in [-0.2, -0.15) is 5.10 Å². The fourth-order valence-corrected chi connectivity index (χ4v) is 4.08. The van der Waals surface area contributed by atoms with Crippen molar-refractivity contribution < 1.29 is 18.6 Å². The summed E-state index contributed by atoms with van der Waals surface area (Å²) in [5.74, 6) is 0.209. The summed E-state index contributed by atoms with van der Waals surface area (Å²) in [6.07, 6.45) is 4.77. The molecule has 0 aliphatic rings. The highest BCUT2D eigenvalue weighted by Gasteiger charge is 2.21. The van der Waals surface area contributed by atoms with Crippen LogP contribution in [-0.2, 0) is 16.6 Å². The molecule has 3 rings (SSSR count). The van der Waals surface area contributed by atoms with E-state index in [9.17, 15) is 13.5 Å². The van der Waals surface area contributed by atoms with Crippen molar-refractivity contribution in [2.75, 3.05) is 18.9 Å². The summed E-state index contributed by atoms with van der Waals surface area (Å²) in [5.41, 5.74) is 7.72.